The van der Waals surface area contributed by atoms with Crippen molar-refractivity contribution in [1.29, 1.82) is 0 Å². The molecule has 104 valence electrons. The second kappa shape index (κ2) is 5.67. The molecule has 0 fully saturated rings. The zero-order valence-corrected chi connectivity index (χ0v) is 12.3. The third kappa shape index (κ3) is 2.70. The number of nitrogens with one attached hydrogen (secondary N) is 1. The smallest absolute Gasteiger partial charge is 0.239 e. The molecule has 20 heavy (non-hydrogen) atoms. The number of nitrogens with zero attached hydrogens (tertiary/aromatic N) is 1. The van der Waals surface area contributed by atoms with E-state index in [4.69, 9.17) is 0 Å². The van der Waals surface area contributed by atoms with Gasteiger partial charge in [0, 0.05) is 16.6 Å². The summed E-state index contributed by atoms with van der Waals surface area (Å²) in [7, 11) is 0. The van der Waals surface area contributed by atoms with Crippen LogP contribution in [0.5, 0.6) is 0 Å². The van der Waals surface area contributed by atoms with E-state index in [-0.39, 0.29) is 5.91 Å². The fourth-order valence-corrected chi connectivity index (χ4v) is 3.32. The number of thiophene rings is 1. The molecule has 2 heterocycles. The van der Waals surface area contributed by atoms with Crippen molar-refractivity contribution in [3.63, 3.8) is 0 Å². The molecule has 3 rings (SSSR count). The Kier molecular flexibility index (Phi) is 3.74. The first-order valence-corrected chi connectivity index (χ1v) is 7.75. The number of benzene rings is 1. The van der Waals surface area contributed by atoms with Crippen LogP contribution in [0.1, 0.15) is 17.4 Å². The Morgan fingerprint density at radius 3 is 3.00 bits per heavy atom. The number of para-hydroxylation sites is 1. The van der Waals surface area contributed by atoms with Gasteiger partial charge in [0.05, 0.1) is 13.1 Å². The minimum atomic E-state index is 0.0851. The Bertz CT molecular complexity index is 594. The Hall–Kier alpha value is -1.81. The molecule has 0 saturated carbocycles. The summed E-state index contributed by atoms with van der Waals surface area (Å²) in [5.74, 6) is 0.0851. The van der Waals surface area contributed by atoms with Crippen LogP contribution < -0.4 is 10.2 Å². The number of hydrogen-bond donors (Lipinski definition) is 1. The van der Waals surface area contributed by atoms with Crippen molar-refractivity contribution in [3.8, 4) is 0 Å². The van der Waals surface area contributed by atoms with Gasteiger partial charge in [-0.15, -0.1) is 11.3 Å². The van der Waals surface area contributed by atoms with Gasteiger partial charge in [0.25, 0.3) is 0 Å². The molecule has 0 aliphatic carbocycles. The van der Waals surface area contributed by atoms with E-state index in [0.29, 0.717) is 19.1 Å². The normalized spacial score (nSPS) is 17.1. The number of carbonyl (C=O) groups excluding carboxylic acids is 1. The molecule has 1 amide bonds. The molecule has 4 heteroatoms. The second-order valence-corrected chi connectivity index (χ2v) is 6.20. The molecule has 2 aromatic rings. The van der Waals surface area contributed by atoms with Gasteiger partial charge in [-0.2, -0.15) is 0 Å². The molecule has 0 bridgehead atoms. The summed E-state index contributed by atoms with van der Waals surface area (Å²) in [5.41, 5.74) is 2.54. The summed E-state index contributed by atoms with van der Waals surface area (Å²) in [4.78, 5) is 15.5. The molecule has 0 unspecified atom stereocenters. The first kappa shape index (κ1) is 13.2. The van der Waals surface area contributed by atoms with E-state index in [9.17, 15) is 4.79 Å². The molecule has 1 N–H and O–H groups in total. The van der Waals surface area contributed by atoms with Gasteiger partial charge in [-0.1, -0.05) is 24.3 Å². The number of anilines is 1. The van der Waals surface area contributed by atoms with Crippen LogP contribution in [0.3, 0.4) is 0 Å². The van der Waals surface area contributed by atoms with E-state index < -0.39 is 0 Å². The van der Waals surface area contributed by atoms with E-state index in [0.717, 1.165) is 6.42 Å². The Morgan fingerprint density at radius 1 is 1.35 bits per heavy atom. The molecule has 1 atom stereocenters. The zero-order valence-electron chi connectivity index (χ0n) is 11.5. The lowest BCUT2D eigenvalue weighted by molar-refractivity contribution is -0.120. The van der Waals surface area contributed by atoms with Gasteiger partial charge in [-0.05, 0) is 36.4 Å². The van der Waals surface area contributed by atoms with E-state index in [1.165, 1.54) is 16.1 Å². The molecular weight excluding hydrogens is 268 g/mol. The van der Waals surface area contributed by atoms with Crippen molar-refractivity contribution in [2.24, 2.45) is 0 Å². The minimum Gasteiger partial charge on any atom is -0.359 e. The van der Waals surface area contributed by atoms with Crippen LogP contribution in [-0.4, -0.2) is 18.5 Å². The summed E-state index contributed by atoms with van der Waals surface area (Å²) < 4.78 is 0. The van der Waals surface area contributed by atoms with Crippen LogP contribution in [0, 0.1) is 0 Å². The Balaban J connectivity index is 1.61. The van der Waals surface area contributed by atoms with Crippen LogP contribution >= 0.6 is 11.3 Å². The molecular formula is C16H18N2OS. The standard InChI is InChI=1S/C16H18N2OS/c1-12-9-13-5-2-3-7-15(13)18(12)11-16(19)17-10-14-6-4-8-20-14/h2-8,12H,9-11H2,1H3,(H,17,19)/t12-/m0/s1. The molecule has 1 aromatic carbocycles. The Labute approximate surface area is 123 Å². The van der Waals surface area contributed by atoms with E-state index >= 15 is 0 Å². The van der Waals surface area contributed by atoms with Gasteiger partial charge in [0.1, 0.15) is 0 Å². The van der Waals surface area contributed by atoms with Gasteiger partial charge >= 0.3 is 0 Å². The third-order valence-corrected chi connectivity index (χ3v) is 4.58. The number of rotatable bonds is 4. The summed E-state index contributed by atoms with van der Waals surface area (Å²) in [6.45, 7) is 3.23. The van der Waals surface area contributed by atoms with Crippen LogP contribution in [0.4, 0.5) is 5.69 Å². The average molecular weight is 286 g/mol. The maximum Gasteiger partial charge on any atom is 0.239 e. The maximum atomic E-state index is 12.1. The molecule has 1 aliphatic heterocycles. The molecule has 1 aromatic heterocycles. The predicted molar refractivity (Wildman–Crippen MR) is 83.1 cm³/mol. The summed E-state index contributed by atoms with van der Waals surface area (Å²) in [6, 6.07) is 12.8. The average Bonchev–Trinajstić information content (AvgIpc) is 3.06. The second-order valence-electron chi connectivity index (χ2n) is 5.17. The predicted octanol–water partition coefficient (Wildman–Crippen LogP) is 2.82. The monoisotopic (exact) mass is 286 g/mol. The Morgan fingerprint density at radius 2 is 2.20 bits per heavy atom. The number of amides is 1. The first-order valence-electron chi connectivity index (χ1n) is 6.87. The van der Waals surface area contributed by atoms with Crippen molar-refractivity contribution in [2.45, 2.75) is 25.9 Å². The summed E-state index contributed by atoms with van der Waals surface area (Å²) >= 11 is 1.67. The van der Waals surface area contributed by atoms with Gasteiger partial charge in [-0.3, -0.25) is 4.79 Å². The fourth-order valence-electron chi connectivity index (χ4n) is 2.68. The highest BCUT2D eigenvalue weighted by Gasteiger charge is 2.26. The van der Waals surface area contributed by atoms with Crippen molar-refractivity contribution in [3.05, 3.63) is 52.2 Å². The highest BCUT2D eigenvalue weighted by molar-refractivity contribution is 7.09. The van der Waals surface area contributed by atoms with Crippen LogP contribution in [0.15, 0.2) is 41.8 Å². The quantitative estimate of drug-likeness (QED) is 0.937. The largest absolute Gasteiger partial charge is 0.359 e. The van der Waals surface area contributed by atoms with E-state index in [1.54, 1.807) is 11.3 Å². The highest BCUT2D eigenvalue weighted by Crippen LogP contribution is 2.31. The molecule has 0 saturated heterocycles. The SMILES string of the molecule is C[C@H]1Cc2ccccc2N1CC(=O)NCc1cccs1. The highest BCUT2D eigenvalue weighted by atomic mass is 32.1. The molecule has 0 radical (unpaired) electrons. The lowest BCUT2D eigenvalue weighted by Gasteiger charge is -2.24. The van der Waals surface area contributed by atoms with Gasteiger partial charge in [0.2, 0.25) is 5.91 Å². The molecule has 3 nitrogen and oxygen atoms in total. The van der Waals surface area contributed by atoms with Crippen LogP contribution in [-0.2, 0) is 17.8 Å². The van der Waals surface area contributed by atoms with Crippen molar-refractivity contribution in [1.82, 2.24) is 5.32 Å². The number of carbonyl (C=O) groups is 1. The van der Waals surface area contributed by atoms with Crippen LogP contribution in [0.2, 0.25) is 0 Å². The minimum absolute atomic E-state index is 0.0851. The van der Waals surface area contributed by atoms with Gasteiger partial charge in [0.15, 0.2) is 0 Å². The van der Waals surface area contributed by atoms with Gasteiger partial charge in [-0.25, -0.2) is 0 Å². The van der Waals surface area contributed by atoms with E-state index in [1.807, 2.05) is 23.6 Å². The maximum absolute atomic E-state index is 12.1. The fraction of sp³-hybridized carbons (Fsp3) is 0.312. The summed E-state index contributed by atoms with van der Waals surface area (Å²) in [6.07, 6.45) is 1.02. The number of hydrogen-bond acceptors (Lipinski definition) is 3. The van der Waals surface area contributed by atoms with Crippen molar-refractivity contribution >= 4 is 22.9 Å². The zero-order chi connectivity index (χ0) is 13.9. The number of fused-ring (bicyclic) bond motifs is 1. The topological polar surface area (TPSA) is 32.3 Å². The first-order chi connectivity index (χ1) is 9.74. The van der Waals surface area contributed by atoms with E-state index in [2.05, 4.69) is 35.3 Å². The van der Waals surface area contributed by atoms with Crippen molar-refractivity contribution in [2.75, 3.05) is 11.4 Å². The third-order valence-electron chi connectivity index (χ3n) is 3.70. The summed E-state index contributed by atoms with van der Waals surface area (Å²) in [5, 5.41) is 5.02. The van der Waals surface area contributed by atoms with Crippen molar-refractivity contribution < 1.29 is 4.79 Å². The molecule has 1 aliphatic rings. The lowest BCUT2D eigenvalue weighted by Crippen LogP contribution is -2.39. The van der Waals surface area contributed by atoms with Gasteiger partial charge < -0.3 is 10.2 Å². The lowest BCUT2D eigenvalue weighted by atomic mass is 10.1. The molecule has 0 spiro atoms. The van der Waals surface area contributed by atoms with Crippen LogP contribution in [0.25, 0.3) is 0 Å².